The first-order valence-corrected chi connectivity index (χ1v) is 4.42. The lowest BCUT2D eigenvalue weighted by atomic mass is 10.4. The molecule has 0 bridgehead atoms. The first kappa shape index (κ1) is 9.77. The molecule has 1 aromatic rings. The normalized spacial score (nSPS) is 10.0. The topological polar surface area (TPSA) is 46.9 Å². The Balaban J connectivity index is 2.16. The number of rotatable bonds is 4. The van der Waals surface area contributed by atoms with Gasteiger partial charge in [0.1, 0.15) is 0 Å². The third-order valence-corrected chi connectivity index (χ3v) is 1.70. The zero-order chi connectivity index (χ0) is 9.68. The second-order valence-corrected chi connectivity index (χ2v) is 3.12. The number of nitrogens with one attached hydrogen (secondary N) is 1. The highest BCUT2D eigenvalue weighted by Gasteiger charge is 1.94. The van der Waals surface area contributed by atoms with Gasteiger partial charge in [0.2, 0.25) is 5.91 Å². The molecule has 1 amide bonds. The molecule has 4 heteroatoms. The molecule has 1 heterocycles. The van der Waals surface area contributed by atoms with E-state index in [2.05, 4.69) is 10.4 Å². The van der Waals surface area contributed by atoms with Gasteiger partial charge in [0.25, 0.3) is 0 Å². The van der Waals surface area contributed by atoms with Crippen LogP contribution < -0.4 is 5.32 Å². The summed E-state index contributed by atoms with van der Waals surface area (Å²) >= 11 is 0. The molecule has 13 heavy (non-hydrogen) atoms. The second kappa shape index (κ2) is 4.64. The lowest BCUT2D eigenvalue weighted by molar-refractivity contribution is -0.118. The van der Waals surface area contributed by atoms with Gasteiger partial charge >= 0.3 is 0 Å². The van der Waals surface area contributed by atoms with Gasteiger partial charge in [-0.05, 0) is 18.9 Å². The molecule has 0 aliphatic carbocycles. The number of aryl methyl sites for hydroxylation is 2. The van der Waals surface area contributed by atoms with E-state index in [1.165, 1.54) is 12.5 Å². The summed E-state index contributed by atoms with van der Waals surface area (Å²) in [5, 5.41) is 6.88. The van der Waals surface area contributed by atoms with Gasteiger partial charge in [-0.2, -0.15) is 5.10 Å². The maximum atomic E-state index is 10.5. The van der Waals surface area contributed by atoms with Crippen LogP contribution in [0.5, 0.6) is 0 Å². The van der Waals surface area contributed by atoms with Crippen molar-refractivity contribution >= 4 is 5.91 Å². The maximum Gasteiger partial charge on any atom is 0.216 e. The molecule has 0 aliphatic rings. The molecule has 1 rings (SSSR count). The molecular formula is C9H15N3O. The third-order valence-electron chi connectivity index (χ3n) is 1.70. The van der Waals surface area contributed by atoms with Gasteiger partial charge in [0.05, 0.1) is 6.20 Å². The summed E-state index contributed by atoms with van der Waals surface area (Å²) in [6, 6.07) is 0. The molecule has 0 atom stereocenters. The summed E-state index contributed by atoms with van der Waals surface area (Å²) in [7, 11) is 0. The Morgan fingerprint density at radius 3 is 3.00 bits per heavy atom. The molecule has 4 nitrogen and oxygen atoms in total. The average molecular weight is 181 g/mol. The molecular weight excluding hydrogens is 166 g/mol. The average Bonchev–Trinajstić information content (AvgIpc) is 2.45. The van der Waals surface area contributed by atoms with Crippen LogP contribution in [0, 0.1) is 6.92 Å². The molecule has 1 N–H and O–H groups in total. The molecule has 1 aromatic heterocycles. The number of amides is 1. The van der Waals surface area contributed by atoms with Crippen molar-refractivity contribution in [1.29, 1.82) is 0 Å². The lowest BCUT2D eigenvalue weighted by Gasteiger charge is -2.01. The van der Waals surface area contributed by atoms with Crippen molar-refractivity contribution in [2.75, 3.05) is 6.54 Å². The summed E-state index contributed by atoms with van der Waals surface area (Å²) in [5.74, 6) is 0.0247. The highest BCUT2D eigenvalue weighted by molar-refractivity contribution is 5.72. The predicted molar refractivity (Wildman–Crippen MR) is 50.3 cm³/mol. The molecule has 0 spiro atoms. The van der Waals surface area contributed by atoms with Gasteiger partial charge in [-0.15, -0.1) is 0 Å². The van der Waals surface area contributed by atoms with Gasteiger partial charge in [0, 0.05) is 26.2 Å². The quantitative estimate of drug-likeness (QED) is 0.696. The van der Waals surface area contributed by atoms with Crippen molar-refractivity contribution in [2.45, 2.75) is 26.8 Å². The van der Waals surface area contributed by atoms with E-state index in [1.54, 1.807) is 0 Å². The Kier molecular flexibility index (Phi) is 3.49. The Bertz CT molecular complexity index is 280. The van der Waals surface area contributed by atoms with Crippen molar-refractivity contribution in [3.63, 3.8) is 0 Å². The minimum Gasteiger partial charge on any atom is -0.356 e. The van der Waals surface area contributed by atoms with E-state index in [9.17, 15) is 4.79 Å². The van der Waals surface area contributed by atoms with Gasteiger partial charge in [-0.25, -0.2) is 0 Å². The smallest absolute Gasteiger partial charge is 0.216 e. The van der Waals surface area contributed by atoms with E-state index < -0.39 is 0 Å². The SMILES string of the molecule is CC(=O)NCCCn1cc(C)cn1. The Labute approximate surface area is 77.9 Å². The molecule has 72 valence electrons. The van der Waals surface area contributed by atoms with Crippen LogP contribution in [-0.2, 0) is 11.3 Å². The summed E-state index contributed by atoms with van der Waals surface area (Å²) in [6.45, 7) is 5.11. The molecule has 0 unspecified atom stereocenters. The van der Waals surface area contributed by atoms with Crippen LogP contribution in [0.3, 0.4) is 0 Å². The van der Waals surface area contributed by atoms with Crippen LogP contribution in [0.25, 0.3) is 0 Å². The summed E-state index contributed by atoms with van der Waals surface area (Å²) in [6.07, 6.45) is 4.74. The summed E-state index contributed by atoms with van der Waals surface area (Å²) in [5.41, 5.74) is 1.17. The Morgan fingerprint density at radius 2 is 2.46 bits per heavy atom. The lowest BCUT2D eigenvalue weighted by Crippen LogP contribution is -2.22. The van der Waals surface area contributed by atoms with Crippen molar-refractivity contribution in [1.82, 2.24) is 15.1 Å². The van der Waals surface area contributed by atoms with Crippen molar-refractivity contribution < 1.29 is 4.79 Å². The first-order valence-electron chi connectivity index (χ1n) is 4.42. The van der Waals surface area contributed by atoms with E-state index in [4.69, 9.17) is 0 Å². The fraction of sp³-hybridized carbons (Fsp3) is 0.556. The fourth-order valence-electron chi connectivity index (χ4n) is 1.09. The monoisotopic (exact) mass is 181 g/mol. The molecule has 0 saturated heterocycles. The van der Waals surface area contributed by atoms with Crippen LogP contribution in [0.1, 0.15) is 18.9 Å². The minimum absolute atomic E-state index is 0.0247. The van der Waals surface area contributed by atoms with Crippen molar-refractivity contribution in [2.24, 2.45) is 0 Å². The van der Waals surface area contributed by atoms with E-state index >= 15 is 0 Å². The van der Waals surface area contributed by atoms with Crippen LogP contribution in [0.15, 0.2) is 12.4 Å². The number of hydrogen-bond acceptors (Lipinski definition) is 2. The molecule has 0 aromatic carbocycles. The number of carbonyl (C=O) groups is 1. The number of hydrogen-bond donors (Lipinski definition) is 1. The van der Waals surface area contributed by atoms with Crippen LogP contribution in [0.2, 0.25) is 0 Å². The summed E-state index contributed by atoms with van der Waals surface area (Å²) < 4.78 is 1.89. The van der Waals surface area contributed by atoms with Gasteiger partial charge in [-0.1, -0.05) is 0 Å². The highest BCUT2D eigenvalue weighted by atomic mass is 16.1. The highest BCUT2D eigenvalue weighted by Crippen LogP contribution is 1.94. The van der Waals surface area contributed by atoms with E-state index in [-0.39, 0.29) is 5.91 Å². The number of aromatic nitrogens is 2. The fourth-order valence-corrected chi connectivity index (χ4v) is 1.09. The number of nitrogens with zero attached hydrogens (tertiary/aromatic N) is 2. The summed E-state index contributed by atoms with van der Waals surface area (Å²) in [4.78, 5) is 10.5. The third kappa shape index (κ3) is 3.73. The largest absolute Gasteiger partial charge is 0.356 e. The minimum atomic E-state index is 0.0247. The molecule has 0 fully saturated rings. The Morgan fingerprint density at radius 1 is 1.69 bits per heavy atom. The van der Waals surface area contributed by atoms with E-state index in [1.807, 2.05) is 24.0 Å². The molecule has 0 saturated carbocycles. The predicted octanol–water partition coefficient (Wildman–Crippen LogP) is 0.718. The zero-order valence-corrected chi connectivity index (χ0v) is 8.08. The standard InChI is InChI=1S/C9H15N3O/c1-8-6-11-12(7-8)5-3-4-10-9(2)13/h6-7H,3-5H2,1-2H3,(H,10,13). The van der Waals surface area contributed by atoms with Crippen LogP contribution in [0.4, 0.5) is 0 Å². The van der Waals surface area contributed by atoms with Crippen LogP contribution >= 0.6 is 0 Å². The first-order chi connectivity index (χ1) is 6.18. The van der Waals surface area contributed by atoms with Gasteiger partial charge < -0.3 is 5.32 Å². The second-order valence-electron chi connectivity index (χ2n) is 3.12. The van der Waals surface area contributed by atoms with Crippen molar-refractivity contribution in [3.8, 4) is 0 Å². The maximum absolute atomic E-state index is 10.5. The Hall–Kier alpha value is -1.32. The van der Waals surface area contributed by atoms with Crippen molar-refractivity contribution in [3.05, 3.63) is 18.0 Å². The van der Waals surface area contributed by atoms with E-state index in [0.29, 0.717) is 6.54 Å². The van der Waals surface area contributed by atoms with Gasteiger partial charge in [0.15, 0.2) is 0 Å². The van der Waals surface area contributed by atoms with Crippen LogP contribution in [-0.4, -0.2) is 22.2 Å². The zero-order valence-electron chi connectivity index (χ0n) is 8.08. The molecule has 0 aliphatic heterocycles. The van der Waals surface area contributed by atoms with E-state index in [0.717, 1.165) is 13.0 Å². The number of carbonyl (C=O) groups excluding carboxylic acids is 1. The van der Waals surface area contributed by atoms with Gasteiger partial charge in [-0.3, -0.25) is 9.48 Å². The molecule has 0 radical (unpaired) electrons.